The van der Waals surface area contributed by atoms with E-state index in [2.05, 4.69) is 6.08 Å². The van der Waals surface area contributed by atoms with Crippen LogP contribution in [0.4, 0.5) is 0 Å². The van der Waals surface area contributed by atoms with Crippen LogP contribution < -0.4 is 23.7 Å². The highest BCUT2D eigenvalue weighted by Gasteiger charge is 2.33. The molecule has 1 heterocycles. The molecule has 0 spiro atoms. The van der Waals surface area contributed by atoms with Crippen LogP contribution in [0, 0.1) is 0 Å². The number of fused-ring (bicyclic) bond motifs is 1. The summed E-state index contributed by atoms with van der Waals surface area (Å²) in [6.45, 7) is 8.04. The molecule has 0 unspecified atom stereocenters. The first-order valence-corrected chi connectivity index (χ1v) is 11.4. The van der Waals surface area contributed by atoms with Crippen molar-refractivity contribution in [2.24, 2.45) is 0 Å². The molecular formula is C29H34O6. The van der Waals surface area contributed by atoms with Crippen LogP contribution in [0.1, 0.15) is 54.7 Å². The third-order valence-electron chi connectivity index (χ3n) is 5.73. The van der Waals surface area contributed by atoms with E-state index in [-0.39, 0.29) is 5.78 Å². The smallest absolute Gasteiger partial charge is 0.193 e. The van der Waals surface area contributed by atoms with Crippen LogP contribution in [-0.2, 0) is 6.42 Å². The van der Waals surface area contributed by atoms with Gasteiger partial charge in [0.2, 0.25) is 0 Å². The summed E-state index contributed by atoms with van der Waals surface area (Å²) in [5, 5.41) is 0. The van der Waals surface area contributed by atoms with E-state index < -0.39 is 5.60 Å². The van der Waals surface area contributed by atoms with E-state index in [1.54, 1.807) is 40.6 Å². The molecule has 0 saturated heterocycles. The van der Waals surface area contributed by atoms with Crippen molar-refractivity contribution in [1.82, 2.24) is 0 Å². The number of carbonyl (C=O) groups is 1. The first-order valence-electron chi connectivity index (χ1n) is 11.4. The Labute approximate surface area is 207 Å². The molecular weight excluding hydrogens is 444 g/mol. The maximum atomic E-state index is 13.6. The second-order valence-electron chi connectivity index (χ2n) is 8.99. The number of rotatable bonds is 9. The van der Waals surface area contributed by atoms with Crippen LogP contribution in [0.25, 0.3) is 12.2 Å². The Morgan fingerprint density at radius 3 is 2.31 bits per heavy atom. The van der Waals surface area contributed by atoms with Crippen LogP contribution in [-0.4, -0.2) is 39.8 Å². The lowest BCUT2D eigenvalue weighted by Gasteiger charge is -2.32. The van der Waals surface area contributed by atoms with E-state index in [0.29, 0.717) is 40.7 Å². The van der Waals surface area contributed by atoms with Gasteiger partial charge in [-0.05, 0) is 70.6 Å². The molecule has 1 aliphatic heterocycles. The van der Waals surface area contributed by atoms with Gasteiger partial charge in [0.1, 0.15) is 39.9 Å². The van der Waals surface area contributed by atoms with Crippen LogP contribution >= 0.6 is 0 Å². The van der Waals surface area contributed by atoms with Crippen LogP contribution in [0.2, 0.25) is 0 Å². The second kappa shape index (κ2) is 10.7. The molecule has 0 aromatic heterocycles. The van der Waals surface area contributed by atoms with Gasteiger partial charge in [-0.1, -0.05) is 11.6 Å². The topological polar surface area (TPSA) is 63.2 Å². The largest absolute Gasteiger partial charge is 0.497 e. The van der Waals surface area contributed by atoms with Gasteiger partial charge < -0.3 is 23.7 Å². The normalized spacial score (nSPS) is 13.6. The number of hydrogen-bond acceptors (Lipinski definition) is 6. The van der Waals surface area contributed by atoms with Crippen molar-refractivity contribution in [2.45, 2.75) is 39.7 Å². The van der Waals surface area contributed by atoms with Gasteiger partial charge in [-0.25, -0.2) is 0 Å². The molecule has 2 aromatic rings. The molecule has 2 aromatic carbocycles. The standard InChI is InChI=1S/C29H34O6/c1-18(2)9-13-21-26-22(15-16-29(3,4)35-26)28(34-8)25(27(21)33-7)23(30)14-11-19-10-12-20(31-5)17-24(19)32-6/h9-12,14-17H,13H2,1-8H3. The maximum absolute atomic E-state index is 13.6. The molecule has 0 amide bonds. The lowest BCUT2D eigenvalue weighted by atomic mass is 9.91. The van der Waals surface area contributed by atoms with Gasteiger partial charge in [0.25, 0.3) is 0 Å². The summed E-state index contributed by atoms with van der Waals surface area (Å²) >= 11 is 0. The van der Waals surface area contributed by atoms with E-state index in [4.69, 9.17) is 23.7 Å². The first kappa shape index (κ1) is 25.9. The van der Waals surface area contributed by atoms with E-state index >= 15 is 0 Å². The van der Waals surface area contributed by atoms with E-state index in [9.17, 15) is 4.79 Å². The van der Waals surface area contributed by atoms with Crippen LogP contribution in [0.5, 0.6) is 28.7 Å². The predicted octanol–water partition coefficient (Wildman–Crippen LogP) is 6.31. The summed E-state index contributed by atoms with van der Waals surface area (Å²) in [7, 11) is 6.27. The van der Waals surface area contributed by atoms with Crippen LogP contribution in [0.3, 0.4) is 0 Å². The second-order valence-corrected chi connectivity index (χ2v) is 8.99. The van der Waals surface area contributed by atoms with Gasteiger partial charge in [0, 0.05) is 17.2 Å². The zero-order valence-electron chi connectivity index (χ0n) is 21.8. The predicted molar refractivity (Wildman–Crippen MR) is 139 cm³/mol. The number of ether oxygens (including phenoxy) is 5. The molecule has 0 bridgehead atoms. The fourth-order valence-electron chi connectivity index (χ4n) is 3.96. The minimum Gasteiger partial charge on any atom is -0.497 e. The fraction of sp³-hybridized carbons (Fsp3) is 0.345. The first-order chi connectivity index (χ1) is 16.6. The summed E-state index contributed by atoms with van der Waals surface area (Å²) in [4.78, 5) is 13.6. The molecule has 0 N–H and O–H groups in total. The number of allylic oxidation sites excluding steroid dienone is 3. The highest BCUT2D eigenvalue weighted by atomic mass is 16.5. The maximum Gasteiger partial charge on any atom is 0.193 e. The molecule has 0 atom stereocenters. The molecule has 186 valence electrons. The third kappa shape index (κ3) is 5.53. The zero-order chi connectivity index (χ0) is 25.8. The summed E-state index contributed by atoms with van der Waals surface area (Å²) in [5.74, 6) is 2.54. The van der Waals surface area contributed by atoms with Gasteiger partial charge in [-0.15, -0.1) is 0 Å². The quantitative estimate of drug-likeness (QED) is 0.239. The van der Waals surface area contributed by atoms with Crippen molar-refractivity contribution in [1.29, 1.82) is 0 Å². The van der Waals surface area contributed by atoms with Crippen molar-refractivity contribution in [3.63, 3.8) is 0 Å². The molecule has 0 radical (unpaired) electrons. The Morgan fingerprint density at radius 2 is 1.71 bits per heavy atom. The number of carbonyl (C=O) groups excluding carboxylic acids is 1. The van der Waals surface area contributed by atoms with E-state index in [1.807, 2.05) is 52.0 Å². The Hall–Kier alpha value is -3.67. The van der Waals surface area contributed by atoms with E-state index in [1.165, 1.54) is 6.08 Å². The minimum absolute atomic E-state index is 0.254. The Kier molecular flexibility index (Phi) is 7.95. The van der Waals surface area contributed by atoms with Crippen molar-refractivity contribution in [3.05, 3.63) is 64.3 Å². The number of ketones is 1. The average molecular weight is 479 g/mol. The van der Waals surface area contributed by atoms with Gasteiger partial charge in [0.15, 0.2) is 5.78 Å². The average Bonchev–Trinajstić information content (AvgIpc) is 2.84. The Morgan fingerprint density at radius 1 is 1.00 bits per heavy atom. The van der Waals surface area contributed by atoms with Crippen molar-refractivity contribution in [2.75, 3.05) is 28.4 Å². The lowest BCUT2D eigenvalue weighted by Crippen LogP contribution is -2.29. The third-order valence-corrected chi connectivity index (χ3v) is 5.73. The number of hydrogen-bond donors (Lipinski definition) is 0. The van der Waals surface area contributed by atoms with Crippen molar-refractivity contribution in [3.8, 4) is 28.7 Å². The zero-order valence-corrected chi connectivity index (χ0v) is 21.8. The highest BCUT2D eigenvalue weighted by Crippen LogP contribution is 2.48. The summed E-state index contributed by atoms with van der Waals surface area (Å²) < 4.78 is 28.7. The molecule has 0 aliphatic carbocycles. The van der Waals surface area contributed by atoms with Crippen molar-refractivity contribution < 1.29 is 28.5 Å². The minimum atomic E-state index is -0.501. The number of methoxy groups -OCH3 is 4. The molecule has 6 nitrogen and oxygen atoms in total. The highest BCUT2D eigenvalue weighted by molar-refractivity contribution is 6.12. The Bertz CT molecular complexity index is 1200. The van der Waals surface area contributed by atoms with E-state index in [0.717, 1.165) is 22.3 Å². The fourth-order valence-corrected chi connectivity index (χ4v) is 3.96. The SMILES string of the molecule is COc1ccc(C=CC(=O)c2c(OC)c3c(c(CC=C(C)C)c2OC)OC(C)(C)C=C3)c(OC)c1. The molecule has 6 heteroatoms. The van der Waals surface area contributed by atoms with Crippen LogP contribution in [0.15, 0.2) is 42.0 Å². The molecule has 0 fully saturated rings. The summed E-state index contributed by atoms with van der Waals surface area (Å²) in [6.07, 6.45) is 9.77. The summed E-state index contributed by atoms with van der Waals surface area (Å²) in [6, 6.07) is 5.42. The summed E-state index contributed by atoms with van der Waals surface area (Å²) in [5.41, 5.74) is 3.28. The van der Waals surface area contributed by atoms with Gasteiger partial charge >= 0.3 is 0 Å². The lowest BCUT2D eigenvalue weighted by molar-refractivity contribution is 0.104. The van der Waals surface area contributed by atoms with Gasteiger partial charge in [-0.3, -0.25) is 4.79 Å². The van der Waals surface area contributed by atoms with Crippen molar-refractivity contribution >= 4 is 17.9 Å². The van der Waals surface area contributed by atoms with Gasteiger partial charge in [-0.2, -0.15) is 0 Å². The molecule has 3 rings (SSSR count). The molecule has 35 heavy (non-hydrogen) atoms. The monoisotopic (exact) mass is 478 g/mol. The molecule has 1 aliphatic rings. The Balaban J connectivity index is 2.19. The number of benzene rings is 2. The molecule has 0 saturated carbocycles. The van der Waals surface area contributed by atoms with Gasteiger partial charge in [0.05, 0.1) is 34.0 Å².